The minimum Gasteiger partial charge on any atom is -0.368 e. The predicted molar refractivity (Wildman–Crippen MR) is 198 cm³/mol. The maximum atomic E-state index is 13.3. The molecule has 2 N–H and O–H groups in total. The molecule has 55 heavy (non-hydrogen) atoms. The largest absolute Gasteiger partial charge is 0.393 e. The Morgan fingerprint density at radius 2 is 1.27 bits per heavy atom. The van der Waals surface area contributed by atoms with Crippen LogP contribution >= 0.6 is 0 Å². The number of carbonyl (C=O) groups excluding carboxylic acids is 1. The van der Waals surface area contributed by atoms with Gasteiger partial charge in [0.05, 0.1) is 23.2 Å². The number of aromatic nitrogens is 4. The summed E-state index contributed by atoms with van der Waals surface area (Å²) in [5.41, 5.74) is 1.91. The number of anilines is 7. The van der Waals surface area contributed by atoms with Gasteiger partial charge in [0.25, 0.3) is 0 Å². The molecule has 0 radical (unpaired) electrons. The minimum atomic E-state index is -4.22. The number of rotatable bonds is 3. The number of hydrogen-bond acceptors (Lipinski definition) is 10. The van der Waals surface area contributed by atoms with E-state index in [9.17, 15) is 31.1 Å². The van der Waals surface area contributed by atoms with Crippen molar-refractivity contribution in [3.8, 4) is 0 Å². The first-order valence-electron chi connectivity index (χ1n) is 19.2. The first-order valence-corrected chi connectivity index (χ1v) is 19.2. The van der Waals surface area contributed by atoms with Crippen molar-refractivity contribution in [1.29, 1.82) is 0 Å². The molecule has 4 bridgehead atoms. The molecule has 11 heterocycles. The molecular weight excluding hydrogens is 728 g/mol. The molecule has 18 heteroatoms. The molecule has 8 aliphatic heterocycles. The summed E-state index contributed by atoms with van der Waals surface area (Å²) in [6.07, 6.45) is -0.310. The third-order valence-electron chi connectivity index (χ3n) is 11.7. The summed E-state index contributed by atoms with van der Waals surface area (Å²) in [5, 5.41) is 6.27. The summed E-state index contributed by atoms with van der Waals surface area (Å²) in [4.78, 5) is 40.2. The second kappa shape index (κ2) is 15.0. The normalized spacial score (nSPS) is 22.9. The van der Waals surface area contributed by atoms with Crippen LogP contribution in [0.2, 0.25) is 0 Å². The summed E-state index contributed by atoms with van der Waals surface area (Å²) < 4.78 is 79.0. The zero-order valence-corrected chi connectivity index (χ0v) is 30.4. The van der Waals surface area contributed by atoms with Crippen LogP contribution in [0, 0.1) is 11.8 Å². The summed E-state index contributed by atoms with van der Waals surface area (Å²) in [7, 11) is 0. The van der Waals surface area contributed by atoms with E-state index in [4.69, 9.17) is 4.98 Å². The number of alkyl halides is 6. The Morgan fingerprint density at radius 1 is 0.691 bits per heavy atom. The third-order valence-corrected chi connectivity index (χ3v) is 11.7. The standard InChI is InChI=1S/C21H24F3N7O.C16H21F3N4/c22-21(23,24)14-2-1-9-30(12-14)18-4-3-16-19(28-18)31(15-6-10-29(16)11-7-15)20(32)27-17-5-8-25-13-26-17;17-16(18,19)11-2-1-7-23(10-11)14-4-3-13-15(21-14)20-12-5-8-22(13)9-6-12/h3-5,8,13-15H,1-2,6-7,9-12H2,(H,25,26,27,32);3-4,11-12H,1-2,5-10H2,(H,20,21). The fraction of sp³-hybridized carbons (Fsp3) is 0.595. The van der Waals surface area contributed by atoms with E-state index in [0.29, 0.717) is 55.2 Å². The zero-order chi connectivity index (χ0) is 38.3. The number of halogens is 6. The van der Waals surface area contributed by atoms with Gasteiger partial charge < -0.3 is 24.9 Å². The average Bonchev–Trinajstić information content (AvgIpc) is 3.61. The number of nitrogens with one attached hydrogen (secondary N) is 2. The van der Waals surface area contributed by atoms with Crippen molar-refractivity contribution in [2.45, 2.75) is 75.8 Å². The molecule has 0 aromatic carbocycles. The van der Waals surface area contributed by atoms with Gasteiger partial charge in [-0.05, 0) is 81.7 Å². The predicted octanol–water partition coefficient (Wildman–Crippen LogP) is 6.93. The van der Waals surface area contributed by atoms with E-state index in [1.807, 2.05) is 18.2 Å². The zero-order valence-electron chi connectivity index (χ0n) is 30.4. The molecule has 296 valence electrons. The SMILES string of the molecule is FC(F)(F)C1CCCN(c2ccc3c(n2)NC2CCN3CC2)C1.O=C(Nc1ccncn1)N1c2nc(N3CCCC(C(F)(F)F)C3)ccc2N2CCC1CC2. The van der Waals surface area contributed by atoms with E-state index in [2.05, 4.69) is 35.4 Å². The number of piperidine rings is 4. The first-order chi connectivity index (χ1) is 26.4. The molecule has 4 saturated heterocycles. The van der Waals surface area contributed by atoms with Crippen molar-refractivity contribution >= 4 is 46.5 Å². The lowest BCUT2D eigenvalue weighted by Crippen LogP contribution is -2.46. The summed E-state index contributed by atoms with van der Waals surface area (Å²) in [5.74, 6) is 0.220. The van der Waals surface area contributed by atoms with Crippen molar-refractivity contribution in [2.75, 3.05) is 87.5 Å². The van der Waals surface area contributed by atoms with Crippen LogP contribution in [0.4, 0.5) is 71.6 Å². The number of fused-ring (bicyclic) bond motifs is 4. The highest BCUT2D eigenvalue weighted by Crippen LogP contribution is 2.42. The van der Waals surface area contributed by atoms with E-state index in [-0.39, 0.29) is 38.0 Å². The van der Waals surface area contributed by atoms with E-state index in [1.165, 1.54) is 6.33 Å². The van der Waals surface area contributed by atoms with Gasteiger partial charge >= 0.3 is 18.4 Å². The molecule has 8 aliphatic rings. The van der Waals surface area contributed by atoms with Crippen LogP contribution in [0.3, 0.4) is 0 Å². The molecule has 11 rings (SSSR count). The van der Waals surface area contributed by atoms with Gasteiger partial charge in [-0.3, -0.25) is 10.2 Å². The van der Waals surface area contributed by atoms with Gasteiger partial charge in [0.15, 0.2) is 11.6 Å². The first kappa shape index (κ1) is 37.2. The minimum absolute atomic E-state index is 0.0163. The maximum absolute atomic E-state index is 13.3. The quantitative estimate of drug-likeness (QED) is 0.272. The number of nitrogens with zero attached hydrogens (tertiary/aromatic N) is 9. The van der Waals surface area contributed by atoms with Gasteiger partial charge in [-0.25, -0.2) is 24.7 Å². The van der Waals surface area contributed by atoms with Crippen LogP contribution in [-0.4, -0.2) is 103 Å². The number of hydrogen-bond donors (Lipinski definition) is 2. The Kier molecular flexibility index (Phi) is 10.2. The number of urea groups is 1. The van der Waals surface area contributed by atoms with Crippen LogP contribution in [-0.2, 0) is 0 Å². The second-order valence-electron chi connectivity index (χ2n) is 15.2. The lowest BCUT2D eigenvalue weighted by Gasteiger charge is -2.35. The van der Waals surface area contributed by atoms with E-state index in [0.717, 1.165) is 69.1 Å². The van der Waals surface area contributed by atoms with E-state index >= 15 is 0 Å². The molecule has 3 aromatic rings. The molecule has 2 unspecified atom stereocenters. The highest BCUT2D eigenvalue weighted by Gasteiger charge is 2.44. The van der Waals surface area contributed by atoms with Crippen LogP contribution in [0.1, 0.15) is 51.4 Å². The Morgan fingerprint density at radius 3 is 1.87 bits per heavy atom. The monoisotopic (exact) mass is 773 g/mol. The lowest BCUT2D eigenvalue weighted by molar-refractivity contribution is -0.176. The average molecular weight is 774 g/mol. The van der Waals surface area contributed by atoms with Crippen LogP contribution in [0.15, 0.2) is 42.9 Å². The lowest BCUT2D eigenvalue weighted by atomic mass is 9.97. The molecule has 4 fully saturated rings. The topological polar surface area (TPSA) is 109 Å². The fourth-order valence-corrected chi connectivity index (χ4v) is 8.71. The van der Waals surface area contributed by atoms with Gasteiger partial charge in [-0.15, -0.1) is 0 Å². The Balaban J connectivity index is 0.000000164. The third kappa shape index (κ3) is 7.99. The van der Waals surface area contributed by atoms with Crippen LogP contribution in [0.25, 0.3) is 0 Å². The molecule has 0 spiro atoms. The Hall–Kier alpha value is -4.77. The molecule has 0 aliphatic carbocycles. The van der Waals surface area contributed by atoms with Gasteiger partial charge in [0.1, 0.15) is 23.8 Å². The van der Waals surface area contributed by atoms with Crippen molar-refractivity contribution in [2.24, 2.45) is 11.8 Å². The van der Waals surface area contributed by atoms with Gasteiger partial charge in [-0.2, -0.15) is 26.3 Å². The van der Waals surface area contributed by atoms with Crippen molar-refractivity contribution in [3.63, 3.8) is 0 Å². The smallest absolute Gasteiger partial charge is 0.368 e. The Labute approximate surface area is 315 Å². The Bertz CT molecular complexity index is 1820. The van der Waals surface area contributed by atoms with Crippen LogP contribution in [0.5, 0.6) is 0 Å². The van der Waals surface area contributed by atoms with Crippen molar-refractivity contribution in [1.82, 2.24) is 19.9 Å². The van der Waals surface area contributed by atoms with Gasteiger partial charge in [0, 0.05) is 70.6 Å². The molecular formula is C37H45F6N11O. The highest BCUT2D eigenvalue weighted by atomic mass is 19.4. The summed E-state index contributed by atoms with van der Waals surface area (Å²) in [6.45, 7) is 4.70. The molecule has 2 atom stereocenters. The fourth-order valence-electron chi connectivity index (χ4n) is 8.71. The van der Waals surface area contributed by atoms with Gasteiger partial charge in [-0.1, -0.05) is 0 Å². The van der Waals surface area contributed by atoms with E-state index in [1.54, 1.807) is 33.0 Å². The van der Waals surface area contributed by atoms with Crippen LogP contribution < -0.4 is 35.1 Å². The number of pyridine rings is 2. The van der Waals surface area contributed by atoms with Crippen molar-refractivity contribution < 1.29 is 31.1 Å². The highest BCUT2D eigenvalue weighted by molar-refractivity contribution is 6.03. The van der Waals surface area contributed by atoms with Crippen molar-refractivity contribution in [3.05, 3.63) is 42.9 Å². The maximum Gasteiger partial charge on any atom is 0.393 e. The number of carbonyl (C=O) groups is 1. The number of amides is 2. The van der Waals surface area contributed by atoms with Gasteiger partial charge in [0.2, 0.25) is 0 Å². The molecule has 2 amide bonds. The molecule has 0 saturated carbocycles. The molecule has 3 aromatic heterocycles. The van der Waals surface area contributed by atoms with E-state index < -0.39 is 24.2 Å². The summed E-state index contributed by atoms with van der Waals surface area (Å²) >= 11 is 0. The second-order valence-corrected chi connectivity index (χ2v) is 15.2. The summed E-state index contributed by atoms with van der Waals surface area (Å²) in [6, 6.07) is 9.18. The molecule has 12 nitrogen and oxygen atoms in total.